The summed E-state index contributed by atoms with van der Waals surface area (Å²) in [6, 6.07) is 5.25. The number of hydrogen-bond donors (Lipinski definition) is 1. The van der Waals surface area contributed by atoms with E-state index in [0.717, 1.165) is 25.8 Å². The summed E-state index contributed by atoms with van der Waals surface area (Å²) in [7, 11) is 0. The molecular formula is C14H21BrFN. The van der Waals surface area contributed by atoms with Crippen LogP contribution in [0.4, 0.5) is 4.39 Å². The minimum absolute atomic E-state index is 0.192. The monoisotopic (exact) mass is 301 g/mol. The van der Waals surface area contributed by atoms with Gasteiger partial charge in [0.15, 0.2) is 0 Å². The van der Waals surface area contributed by atoms with Crippen LogP contribution >= 0.6 is 15.9 Å². The van der Waals surface area contributed by atoms with Crippen molar-refractivity contribution in [2.75, 3.05) is 6.54 Å². The molecular weight excluding hydrogens is 281 g/mol. The summed E-state index contributed by atoms with van der Waals surface area (Å²) in [5, 5.41) is 3.46. The highest BCUT2D eigenvalue weighted by atomic mass is 79.9. The van der Waals surface area contributed by atoms with Gasteiger partial charge in [0.1, 0.15) is 5.82 Å². The van der Waals surface area contributed by atoms with Crippen LogP contribution in [0.2, 0.25) is 0 Å². The molecule has 1 aromatic carbocycles. The normalized spacial score (nSPS) is 11.8. The number of unbranched alkanes of at least 4 members (excludes halogenated alkanes) is 1. The van der Waals surface area contributed by atoms with Crippen molar-refractivity contribution in [3.8, 4) is 0 Å². The van der Waals surface area contributed by atoms with Crippen molar-refractivity contribution in [3.05, 3.63) is 34.1 Å². The van der Waals surface area contributed by atoms with Crippen molar-refractivity contribution in [1.29, 1.82) is 0 Å². The van der Waals surface area contributed by atoms with Crippen LogP contribution in [-0.4, -0.2) is 12.1 Å². The van der Waals surface area contributed by atoms with Crippen molar-refractivity contribution < 1.29 is 4.39 Å². The summed E-state index contributed by atoms with van der Waals surface area (Å²) < 4.78 is 13.6. The Morgan fingerprint density at radius 1 is 1.24 bits per heavy atom. The van der Waals surface area contributed by atoms with E-state index in [-0.39, 0.29) is 11.4 Å². The van der Waals surface area contributed by atoms with Crippen LogP contribution in [0, 0.1) is 5.82 Å². The molecule has 0 atom stereocenters. The van der Waals surface area contributed by atoms with Gasteiger partial charge in [-0.15, -0.1) is 0 Å². The fourth-order valence-corrected chi connectivity index (χ4v) is 2.04. The molecule has 0 spiro atoms. The van der Waals surface area contributed by atoms with Gasteiger partial charge < -0.3 is 5.32 Å². The first-order valence-electron chi connectivity index (χ1n) is 6.07. The lowest BCUT2D eigenvalue weighted by molar-refractivity contribution is 0.419. The lowest BCUT2D eigenvalue weighted by atomic mass is 10.1. The van der Waals surface area contributed by atoms with Gasteiger partial charge in [-0.25, -0.2) is 4.39 Å². The van der Waals surface area contributed by atoms with Crippen LogP contribution in [0.3, 0.4) is 0 Å². The molecule has 0 bridgehead atoms. The average Bonchev–Trinajstić information content (AvgIpc) is 2.21. The highest BCUT2D eigenvalue weighted by Crippen LogP contribution is 2.18. The van der Waals surface area contributed by atoms with Gasteiger partial charge in [-0.3, -0.25) is 0 Å². The lowest BCUT2D eigenvalue weighted by Crippen LogP contribution is -2.36. The Kier molecular flexibility index (Phi) is 5.60. The summed E-state index contributed by atoms with van der Waals surface area (Å²) in [4.78, 5) is 0. The number of nitrogens with one attached hydrogen (secondary N) is 1. The molecule has 0 saturated heterocycles. The van der Waals surface area contributed by atoms with Crippen molar-refractivity contribution >= 4 is 15.9 Å². The molecule has 3 heteroatoms. The third kappa shape index (κ3) is 6.18. The van der Waals surface area contributed by atoms with Gasteiger partial charge in [-0.05, 0) is 80.2 Å². The maximum absolute atomic E-state index is 13.0. The predicted molar refractivity (Wildman–Crippen MR) is 74.8 cm³/mol. The predicted octanol–water partition coefficient (Wildman–Crippen LogP) is 4.30. The molecule has 96 valence electrons. The van der Waals surface area contributed by atoms with Crippen LogP contribution in [-0.2, 0) is 6.42 Å². The van der Waals surface area contributed by atoms with E-state index in [4.69, 9.17) is 0 Å². The van der Waals surface area contributed by atoms with E-state index in [1.807, 2.05) is 12.1 Å². The van der Waals surface area contributed by atoms with Crippen molar-refractivity contribution in [1.82, 2.24) is 5.32 Å². The van der Waals surface area contributed by atoms with Gasteiger partial charge in [-0.1, -0.05) is 6.07 Å². The molecule has 0 aliphatic rings. The lowest BCUT2D eigenvalue weighted by Gasteiger charge is -2.20. The SMILES string of the molecule is CC(C)(C)NCCCCc1ccc(F)c(Br)c1. The first-order chi connectivity index (χ1) is 7.88. The maximum atomic E-state index is 13.0. The second-order valence-electron chi connectivity index (χ2n) is 5.38. The fraction of sp³-hybridized carbons (Fsp3) is 0.571. The zero-order chi connectivity index (χ0) is 12.9. The smallest absolute Gasteiger partial charge is 0.137 e. The maximum Gasteiger partial charge on any atom is 0.137 e. The molecule has 1 rings (SSSR count). The van der Waals surface area contributed by atoms with Gasteiger partial charge in [0.25, 0.3) is 0 Å². The Hall–Kier alpha value is -0.410. The Bertz CT molecular complexity index is 358. The molecule has 17 heavy (non-hydrogen) atoms. The Labute approximate surface area is 112 Å². The third-order valence-electron chi connectivity index (χ3n) is 2.53. The van der Waals surface area contributed by atoms with Gasteiger partial charge in [0.05, 0.1) is 4.47 Å². The molecule has 1 aromatic rings. The standard InChI is InChI=1S/C14H21BrFN/c1-14(2,3)17-9-5-4-6-11-7-8-13(16)12(15)10-11/h7-8,10,17H,4-6,9H2,1-3H3. The van der Waals surface area contributed by atoms with Gasteiger partial charge in [0.2, 0.25) is 0 Å². The van der Waals surface area contributed by atoms with Crippen LogP contribution in [0.15, 0.2) is 22.7 Å². The summed E-state index contributed by atoms with van der Waals surface area (Å²) in [5.41, 5.74) is 1.38. The number of hydrogen-bond acceptors (Lipinski definition) is 1. The minimum atomic E-state index is -0.192. The highest BCUT2D eigenvalue weighted by Gasteiger charge is 2.07. The summed E-state index contributed by atoms with van der Waals surface area (Å²) >= 11 is 3.21. The number of benzene rings is 1. The highest BCUT2D eigenvalue weighted by molar-refractivity contribution is 9.10. The first-order valence-corrected chi connectivity index (χ1v) is 6.87. The molecule has 1 N–H and O–H groups in total. The van der Waals surface area contributed by atoms with E-state index < -0.39 is 0 Å². The molecule has 0 radical (unpaired) electrons. The molecule has 0 unspecified atom stereocenters. The van der Waals surface area contributed by atoms with E-state index in [1.54, 1.807) is 0 Å². The Morgan fingerprint density at radius 2 is 1.94 bits per heavy atom. The molecule has 1 nitrogen and oxygen atoms in total. The zero-order valence-corrected chi connectivity index (χ0v) is 12.4. The number of halogens is 2. The minimum Gasteiger partial charge on any atom is -0.312 e. The molecule has 0 heterocycles. The number of aryl methyl sites for hydroxylation is 1. The third-order valence-corrected chi connectivity index (χ3v) is 3.14. The van der Waals surface area contributed by atoms with E-state index in [0.29, 0.717) is 4.47 Å². The largest absolute Gasteiger partial charge is 0.312 e. The van der Waals surface area contributed by atoms with Crippen molar-refractivity contribution in [2.45, 2.75) is 45.6 Å². The van der Waals surface area contributed by atoms with E-state index in [2.05, 4.69) is 42.0 Å². The van der Waals surface area contributed by atoms with Crippen LogP contribution in [0.25, 0.3) is 0 Å². The van der Waals surface area contributed by atoms with E-state index in [1.165, 1.54) is 11.6 Å². The molecule has 0 fully saturated rings. The van der Waals surface area contributed by atoms with Gasteiger partial charge in [-0.2, -0.15) is 0 Å². The molecule has 0 aliphatic carbocycles. The zero-order valence-electron chi connectivity index (χ0n) is 10.8. The van der Waals surface area contributed by atoms with Crippen molar-refractivity contribution in [3.63, 3.8) is 0 Å². The van der Waals surface area contributed by atoms with Crippen LogP contribution < -0.4 is 5.32 Å². The summed E-state index contributed by atoms with van der Waals surface area (Å²) in [6.07, 6.45) is 3.28. The van der Waals surface area contributed by atoms with Gasteiger partial charge in [0, 0.05) is 5.54 Å². The van der Waals surface area contributed by atoms with Crippen molar-refractivity contribution in [2.24, 2.45) is 0 Å². The van der Waals surface area contributed by atoms with Gasteiger partial charge >= 0.3 is 0 Å². The first kappa shape index (κ1) is 14.7. The Balaban J connectivity index is 2.25. The molecule has 0 aromatic heterocycles. The topological polar surface area (TPSA) is 12.0 Å². The fourth-order valence-electron chi connectivity index (χ4n) is 1.61. The van der Waals surface area contributed by atoms with Crippen LogP contribution in [0.5, 0.6) is 0 Å². The number of rotatable bonds is 5. The van der Waals surface area contributed by atoms with Crippen LogP contribution in [0.1, 0.15) is 39.2 Å². The quantitative estimate of drug-likeness (QED) is 0.800. The molecule has 0 aliphatic heterocycles. The molecule has 0 amide bonds. The summed E-state index contributed by atoms with van der Waals surface area (Å²) in [6.45, 7) is 7.55. The Morgan fingerprint density at radius 3 is 2.53 bits per heavy atom. The van der Waals surface area contributed by atoms with E-state index in [9.17, 15) is 4.39 Å². The second-order valence-corrected chi connectivity index (χ2v) is 6.24. The average molecular weight is 302 g/mol. The molecule has 0 saturated carbocycles. The summed E-state index contributed by atoms with van der Waals surface area (Å²) in [5.74, 6) is -0.192. The van der Waals surface area contributed by atoms with E-state index >= 15 is 0 Å². The second kappa shape index (κ2) is 6.50.